The summed E-state index contributed by atoms with van der Waals surface area (Å²) >= 11 is 5.63. The molecule has 1 aromatic rings. The van der Waals surface area contributed by atoms with Crippen LogP contribution in [0.5, 0.6) is 0 Å². The number of hydrogen-bond donors (Lipinski definition) is 1. The Morgan fingerprint density at radius 2 is 2.24 bits per heavy atom. The summed E-state index contributed by atoms with van der Waals surface area (Å²) in [4.78, 5) is 24.1. The number of primary amides is 1. The van der Waals surface area contributed by atoms with E-state index >= 15 is 0 Å². The van der Waals surface area contributed by atoms with Gasteiger partial charge in [-0.2, -0.15) is 0 Å². The fraction of sp³-hybridized carbons (Fsp3) is 0.273. The first-order chi connectivity index (χ1) is 7.99. The first-order valence-corrected chi connectivity index (χ1v) is 5.41. The lowest BCUT2D eigenvalue weighted by atomic mass is 10.1. The van der Waals surface area contributed by atoms with Crippen LogP contribution in [-0.2, 0) is 9.59 Å². The highest BCUT2D eigenvalue weighted by atomic mass is 35.5. The summed E-state index contributed by atoms with van der Waals surface area (Å²) in [5, 5.41) is -0.0576. The van der Waals surface area contributed by atoms with Crippen LogP contribution in [0.2, 0.25) is 5.02 Å². The molecule has 1 atom stereocenters. The quantitative estimate of drug-likeness (QED) is 0.867. The van der Waals surface area contributed by atoms with Gasteiger partial charge < -0.3 is 10.6 Å². The maximum absolute atomic E-state index is 13.0. The summed E-state index contributed by atoms with van der Waals surface area (Å²) in [6, 6.07) is 3.99. The number of rotatable bonds is 2. The number of carbonyl (C=O) groups excluding carboxylic acids is 2. The van der Waals surface area contributed by atoms with Crippen molar-refractivity contribution in [3.05, 3.63) is 29.0 Å². The van der Waals surface area contributed by atoms with Crippen molar-refractivity contribution in [1.82, 2.24) is 0 Å². The Labute approximate surface area is 102 Å². The van der Waals surface area contributed by atoms with Crippen LogP contribution in [0.4, 0.5) is 10.1 Å². The van der Waals surface area contributed by atoms with E-state index < -0.39 is 17.6 Å². The van der Waals surface area contributed by atoms with Crippen LogP contribution in [0.15, 0.2) is 18.2 Å². The molecule has 2 amide bonds. The molecular formula is C11H10ClFN2O2. The van der Waals surface area contributed by atoms with Crippen LogP contribution in [0.3, 0.4) is 0 Å². The van der Waals surface area contributed by atoms with Crippen molar-refractivity contribution in [2.75, 3.05) is 11.4 Å². The second kappa shape index (κ2) is 4.33. The lowest BCUT2D eigenvalue weighted by molar-refractivity contribution is -0.123. The molecule has 0 saturated carbocycles. The van der Waals surface area contributed by atoms with E-state index in [1.54, 1.807) is 0 Å². The Balaban J connectivity index is 2.26. The Kier molecular flexibility index (Phi) is 3.02. The van der Waals surface area contributed by atoms with Crippen molar-refractivity contribution < 1.29 is 14.0 Å². The Morgan fingerprint density at radius 3 is 2.76 bits per heavy atom. The van der Waals surface area contributed by atoms with E-state index in [0.717, 1.165) is 0 Å². The first kappa shape index (κ1) is 11.9. The molecule has 0 radical (unpaired) electrons. The van der Waals surface area contributed by atoms with Gasteiger partial charge >= 0.3 is 0 Å². The molecule has 0 spiro atoms. The average Bonchev–Trinajstić information content (AvgIpc) is 2.65. The SMILES string of the molecule is NC(=O)[C@H]1CC(=O)N(c2ccc(F)c(Cl)c2)C1. The standard InChI is InChI=1S/C11H10ClFN2O2/c12-8-4-7(1-2-9(8)13)15-5-6(11(14)17)3-10(15)16/h1-2,4,6H,3,5H2,(H2,14,17)/t6-/m0/s1. The molecule has 1 saturated heterocycles. The van der Waals surface area contributed by atoms with Crippen LogP contribution < -0.4 is 10.6 Å². The van der Waals surface area contributed by atoms with Crippen molar-refractivity contribution in [3.63, 3.8) is 0 Å². The Morgan fingerprint density at radius 1 is 1.53 bits per heavy atom. The van der Waals surface area contributed by atoms with E-state index in [-0.39, 0.29) is 23.9 Å². The predicted molar refractivity (Wildman–Crippen MR) is 61.1 cm³/mol. The number of nitrogens with zero attached hydrogens (tertiary/aromatic N) is 1. The molecule has 1 aliphatic rings. The molecule has 0 aromatic heterocycles. The summed E-state index contributed by atoms with van der Waals surface area (Å²) in [5.41, 5.74) is 5.63. The average molecular weight is 257 g/mol. The fourth-order valence-electron chi connectivity index (χ4n) is 1.80. The minimum atomic E-state index is -0.548. The van der Waals surface area contributed by atoms with Crippen LogP contribution in [0.1, 0.15) is 6.42 Å². The zero-order chi connectivity index (χ0) is 12.6. The van der Waals surface area contributed by atoms with E-state index in [1.165, 1.54) is 23.1 Å². The van der Waals surface area contributed by atoms with Crippen molar-refractivity contribution in [2.45, 2.75) is 6.42 Å². The van der Waals surface area contributed by atoms with Crippen LogP contribution in [-0.4, -0.2) is 18.4 Å². The molecule has 2 N–H and O–H groups in total. The minimum Gasteiger partial charge on any atom is -0.369 e. The lowest BCUT2D eigenvalue weighted by Gasteiger charge is -2.16. The molecule has 6 heteroatoms. The third-order valence-electron chi connectivity index (χ3n) is 2.74. The van der Waals surface area contributed by atoms with Gasteiger partial charge in [0.15, 0.2) is 0 Å². The third kappa shape index (κ3) is 2.24. The number of nitrogens with two attached hydrogens (primary N) is 1. The van der Waals surface area contributed by atoms with Crippen LogP contribution in [0, 0.1) is 11.7 Å². The summed E-state index contributed by atoms with van der Waals surface area (Å²) < 4.78 is 13.0. The van der Waals surface area contributed by atoms with E-state index in [1.807, 2.05) is 0 Å². The highest BCUT2D eigenvalue weighted by Crippen LogP contribution is 2.28. The van der Waals surface area contributed by atoms with Gasteiger partial charge in [0.25, 0.3) is 0 Å². The molecular weight excluding hydrogens is 247 g/mol. The van der Waals surface area contributed by atoms with Crippen molar-refractivity contribution in [2.24, 2.45) is 11.7 Å². The van der Waals surface area contributed by atoms with Gasteiger partial charge in [-0.15, -0.1) is 0 Å². The summed E-state index contributed by atoms with van der Waals surface area (Å²) in [7, 11) is 0. The van der Waals surface area contributed by atoms with Gasteiger partial charge in [0.05, 0.1) is 10.9 Å². The molecule has 1 heterocycles. The number of benzene rings is 1. The van der Waals surface area contributed by atoms with E-state index in [0.29, 0.717) is 5.69 Å². The number of halogens is 2. The van der Waals surface area contributed by atoms with Gasteiger partial charge in [0.2, 0.25) is 11.8 Å². The zero-order valence-corrected chi connectivity index (χ0v) is 9.58. The van der Waals surface area contributed by atoms with Gasteiger partial charge in [-0.25, -0.2) is 4.39 Å². The van der Waals surface area contributed by atoms with Gasteiger partial charge in [-0.05, 0) is 18.2 Å². The number of amides is 2. The molecule has 1 aromatic carbocycles. The molecule has 2 rings (SSSR count). The summed E-state index contributed by atoms with van der Waals surface area (Å²) in [6.07, 6.45) is 0.0876. The van der Waals surface area contributed by atoms with Crippen LogP contribution in [0.25, 0.3) is 0 Å². The fourth-order valence-corrected chi connectivity index (χ4v) is 1.98. The van der Waals surface area contributed by atoms with Gasteiger partial charge in [-0.3, -0.25) is 9.59 Å². The van der Waals surface area contributed by atoms with E-state index in [9.17, 15) is 14.0 Å². The summed E-state index contributed by atoms with van der Waals surface area (Å²) in [5.74, 6) is -1.76. The predicted octanol–water partition coefficient (Wildman–Crippen LogP) is 1.32. The van der Waals surface area contributed by atoms with E-state index in [2.05, 4.69) is 0 Å². The lowest BCUT2D eigenvalue weighted by Crippen LogP contribution is -2.28. The van der Waals surface area contributed by atoms with Crippen molar-refractivity contribution >= 4 is 29.1 Å². The molecule has 0 bridgehead atoms. The molecule has 90 valence electrons. The molecule has 0 aliphatic carbocycles. The third-order valence-corrected chi connectivity index (χ3v) is 3.03. The Hall–Kier alpha value is -1.62. The van der Waals surface area contributed by atoms with Gasteiger partial charge in [0.1, 0.15) is 5.82 Å². The topological polar surface area (TPSA) is 63.4 Å². The van der Waals surface area contributed by atoms with Crippen LogP contribution >= 0.6 is 11.6 Å². The monoisotopic (exact) mass is 256 g/mol. The molecule has 4 nitrogen and oxygen atoms in total. The van der Waals surface area contributed by atoms with E-state index in [4.69, 9.17) is 17.3 Å². The first-order valence-electron chi connectivity index (χ1n) is 5.04. The van der Waals surface area contributed by atoms with Crippen molar-refractivity contribution in [1.29, 1.82) is 0 Å². The highest BCUT2D eigenvalue weighted by Gasteiger charge is 2.34. The largest absolute Gasteiger partial charge is 0.369 e. The second-order valence-corrected chi connectivity index (χ2v) is 4.31. The number of carbonyl (C=O) groups is 2. The zero-order valence-electron chi connectivity index (χ0n) is 8.82. The van der Waals surface area contributed by atoms with Gasteiger partial charge in [-0.1, -0.05) is 11.6 Å². The molecule has 0 unspecified atom stereocenters. The van der Waals surface area contributed by atoms with Crippen molar-refractivity contribution in [3.8, 4) is 0 Å². The molecule has 17 heavy (non-hydrogen) atoms. The summed E-state index contributed by atoms with van der Waals surface area (Å²) in [6.45, 7) is 0.218. The second-order valence-electron chi connectivity index (χ2n) is 3.91. The smallest absolute Gasteiger partial charge is 0.227 e. The minimum absolute atomic E-state index is 0.0576. The molecule has 1 fully saturated rings. The number of hydrogen-bond acceptors (Lipinski definition) is 2. The Bertz CT molecular complexity index is 492. The number of anilines is 1. The maximum Gasteiger partial charge on any atom is 0.227 e. The molecule has 1 aliphatic heterocycles. The normalized spacial score (nSPS) is 19.8. The van der Waals surface area contributed by atoms with Gasteiger partial charge in [0, 0.05) is 18.7 Å². The highest BCUT2D eigenvalue weighted by molar-refractivity contribution is 6.31. The maximum atomic E-state index is 13.0.